The van der Waals surface area contributed by atoms with Gasteiger partial charge in [-0.15, -0.1) is 0 Å². The van der Waals surface area contributed by atoms with E-state index in [0.29, 0.717) is 41.0 Å². The van der Waals surface area contributed by atoms with Crippen molar-refractivity contribution >= 4 is 34.3 Å². The lowest BCUT2D eigenvalue weighted by molar-refractivity contribution is 0.102. The Kier molecular flexibility index (Phi) is 7.71. The van der Waals surface area contributed by atoms with Gasteiger partial charge in [0.2, 0.25) is 5.95 Å². The van der Waals surface area contributed by atoms with Crippen LogP contribution in [0.5, 0.6) is 5.75 Å². The van der Waals surface area contributed by atoms with E-state index >= 15 is 0 Å². The van der Waals surface area contributed by atoms with Crippen LogP contribution in [0.4, 0.5) is 17.3 Å². The number of anilines is 3. The van der Waals surface area contributed by atoms with Gasteiger partial charge >= 0.3 is 0 Å². The molecule has 1 aliphatic rings. The van der Waals surface area contributed by atoms with Crippen molar-refractivity contribution in [2.45, 2.75) is 25.5 Å². The van der Waals surface area contributed by atoms with Gasteiger partial charge in [0, 0.05) is 46.7 Å². The number of benzene rings is 2. The molecule has 1 saturated carbocycles. The van der Waals surface area contributed by atoms with E-state index in [2.05, 4.69) is 25.6 Å². The van der Waals surface area contributed by atoms with Gasteiger partial charge in [0.05, 0.1) is 18.1 Å². The van der Waals surface area contributed by atoms with Crippen LogP contribution in [-0.2, 0) is 16.8 Å². The molecular weight excluding hydrogens is 502 g/mol. The Labute approximate surface area is 223 Å². The Bertz CT molecular complexity index is 1480. The van der Waals surface area contributed by atoms with Gasteiger partial charge in [-0.1, -0.05) is 12.1 Å². The largest absolute Gasteiger partial charge is 0.493 e. The molecule has 3 N–H and O–H groups in total. The molecule has 1 unspecified atom stereocenters. The number of rotatable bonds is 10. The highest BCUT2D eigenvalue weighted by atomic mass is 32.2. The van der Waals surface area contributed by atoms with E-state index in [9.17, 15) is 13.6 Å². The van der Waals surface area contributed by atoms with E-state index in [1.165, 1.54) is 0 Å². The highest BCUT2D eigenvalue weighted by molar-refractivity contribution is 7.78. The Morgan fingerprint density at radius 1 is 1.13 bits per heavy atom. The van der Waals surface area contributed by atoms with E-state index in [-0.39, 0.29) is 11.7 Å². The molecule has 2 aromatic carbocycles. The maximum atomic E-state index is 13.1. The van der Waals surface area contributed by atoms with E-state index < -0.39 is 11.1 Å². The summed E-state index contributed by atoms with van der Waals surface area (Å²) in [5, 5.41) is 6.16. The van der Waals surface area contributed by atoms with Crippen molar-refractivity contribution in [3.63, 3.8) is 0 Å². The number of aryl methyl sites for hydroxylation is 1. The van der Waals surface area contributed by atoms with Gasteiger partial charge in [0.15, 0.2) is 11.1 Å². The van der Waals surface area contributed by atoms with Gasteiger partial charge in [0.25, 0.3) is 5.91 Å². The zero-order chi connectivity index (χ0) is 26.5. The zero-order valence-corrected chi connectivity index (χ0v) is 21.6. The highest BCUT2D eigenvalue weighted by Crippen LogP contribution is 2.31. The maximum Gasteiger partial charge on any atom is 0.255 e. The lowest BCUT2D eigenvalue weighted by Crippen LogP contribution is -2.13. The molecule has 2 aromatic heterocycles. The van der Waals surface area contributed by atoms with Crippen molar-refractivity contribution < 1.29 is 18.3 Å². The third-order valence-corrected chi connectivity index (χ3v) is 6.69. The Morgan fingerprint density at radius 3 is 2.76 bits per heavy atom. The van der Waals surface area contributed by atoms with Crippen molar-refractivity contribution in [1.82, 2.24) is 15.0 Å². The molecule has 0 saturated heterocycles. The number of amides is 1. The third kappa shape index (κ3) is 6.58. The molecular formula is C28H27N5O4S. The van der Waals surface area contributed by atoms with E-state index in [0.717, 1.165) is 35.3 Å². The molecule has 38 heavy (non-hydrogen) atoms. The second-order valence-electron chi connectivity index (χ2n) is 9.16. The lowest BCUT2D eigenvalue weighted by Gasteiger charge is -2.14. The first kappa shape index (κ1) is 25.5. The van der Waals surface area contributed by atoms with Crippen LogP contribution in [-0.4, -0.2) is 36.2 Å². The van der Waals surface area contributed by atoms with Gasteiger partial charge in [-0.25, -0.2) is 14.2 Å². The minimum absolute atomic E-state index is 0.0566. The number of carbonyl (C=O) groups excluding carboxylic acids is 1. The molecule has 4 aromatic rings. The Balaban J connectivity index is 1.32. The van der Waals surface area contributed by atoms with Crippen molar-refractivity contribution in [3.05, 3.63) is 89.9 Å². The fraction of sp³-hybridized carbons (Fsp3) is 0.214. The summed E-state index contributed by atoms with van der Waals surface area (Å²) in [5.41, 5.74) is 4.91. The van der Waals surface area contributed by atoms with Crippen LogP contribution in [0.1, 0.15) is 34.3 Å². The average molecular weight is 530 g/mol. The minimum Gasteiger partial charge on any atom is -0.493 e. The Hall–Kier alpha value is -4.15. The standard InChI is InChI=1S/C28H27N5O4S/c1-18-4-9-23(14-25(18)33-28-30-12-10-24(32-28)21-3-2-11-29-15-21)31-27(34)20-7-8-22(17-38(35)36)26(13-20)37-16-19-5-6-19/h2-4,7-15,19H,5-6,16-17H2,1H3,(H,31,34)(H,35,36)(H,30,32,33). The molecule has 0 spiro atoms. The fourth-order valence-electron chi connectivity index (χ4n) is 3.83. The molecule has 9 nitrogen and oxygen atoms in total. The lowest BCUT2D eigenvalue weighted by atomic mass is 10.1. The number of ether oxygens (including phenoxy) is 1. The van der Waals surface area contributed by atoms with Gasteiger partial charge in [0.1, 0.15) is 5.75 Å². The molecule has 5 rings (SSSR count). The molecule has 0 radical (unpaired) electrons. The predicted molar refractivity (Wildman–Crippen MR) is 147 cm³/mol. The minimum atomic E-state index is -2.01. The monoisotopic (exact) mass is 529 g/mol. The normalized spacial score (nSPS) is 13.5. The summed E-state index contributed by atoms with van der Waals surface area (Å²) in [6, 6.07) is 16.1. The summed E-state index contributed by atoms with van der Waals surface area (Å²) in [4.78, 5) is 26.1. The molecule has 194 valence electrons. The fourth-order valence-corrected chi connectivity index (χ4v) is 4.33. The maximum absolute atomic E-state index is 13.1. The first-order valence-electron chi connectivity index (χ1n) is 12.2. The second-order valence-corrected chi connectivity index (χ2v) is 10.1. The summed E-state index contributed by atoms with van der Waals surface area (Å²) < 4.78 is 26.6. The highest BCUT2D eigenvalue weighted by Gasteiger charge is 2.23. The summed E-state index contributed by atoms with van der Waals surface area (Å²) in [5.74, 6) is 1.02. The molecule has 10 heteroatoms. The van der Waals surface area contributed by atoms with E-state index in [1.807, 2.05) is 43.3 Å². The molecule has 1 atom stereocenters. The number of nitrogens with zero attached hydrogens (tertiary/aromatic N) is 3. The molecule has 0 aliphatic heterocycles. The van der Waals surface area contributed by atoms with Crippen molar-refractivity contribution in [1.29, 1.82) is 0 Å². The van der Waals surface area contributed by atoms with Crippen LogP contribution in [0, 0.1) is 12.8 Å². The number of hydrogen-bond donors (Lipinski definition) is 3. The summed E-state index contributed by atoms with van der Waals surface area (Å²) in [7, 11) is 0. The van der Waals surface area contributed by atoms with Gasteiger partial charge in [-0.3, -0.25) is 9.78 Å². The van der Waals surface area contributed by atoms with Crippen molar-refractivity contribution in [2.75, 3.05) is 17.2 Å². The SMILES string of the molecule is Cc1ccc(NC(=O)c2ccc(CS(=O)O)c(OCC3CC3)c2)cc1Nc1nccc(-c2cccnc2)n1. The van der Waals surface area contributed by atoms with E-state index in [4.69, 9.17) is 4.74 Å². The molecule has 1 aliphatic carbocycles. The van der Waals surface area contributed by atoms with Crippen LogP contribution >= 0.6 is 0 Å². The van der Waals surface area contributed by atoms with Gasteiger partial charge < -0.3 is 19.9 Å². The number of pyridine rings is 1. The summed E-state index contributed by atoms with van der Waals surface area (Å²) in [6.45, 7) is 2.49. The van der Waals surface area contributed by atoms with Crippen molar-refractivity contribution in [3.8, 4) is 17.0 Å². The van der Waals surface area contributed by atoms with Crippen LogP contribution in [0.3, 0.4) is 0 Å². The van der Waals surface area contributed by atoms with Crippen LogP contribution < -0.4 is 15.4 Å². The number of hydrogen-bond acceptors (Lipinski definition) is 7. The van der Waals surface area contributed by atoms with Crippen LogP contribution in [0.25, 0.3) is 11.3 Å². The molecule has 1 amide bonds. The second kappa shape index (κ2) is 11.5. The number of carbonyl (C=O) groups is 1. The number of nitrogens with one attached hydrogen (secondary N) is 2. The average Bonchev–Trinajstić information content (AvgIpc) is 3.75. The molecule has 0 bridgehead atoms. The first-order valence-corrected chi connectivity index (χ1v) is 13.5. The van der Waals surface area contributed by atoms with Crippen LogP contribution in [0.15, 0.2) is 73.2 Å². The quantitative estimate of drug-likeness (QED) is 0.235. The molecule has 1 fully saturated rings. The van der Waals surface area contributed by atoms with Crippen molar-refractivity contribution in [2.24, 2.45) is 5.92 Å². The summed E-state index contributed by atoms with van der Waals surface area (Å²) in [6.07, 6.45) is 7.36. The predicted octanol–water partition coefficient (Wildman–Crippen LogP) is 5.35. The zero-order valence-electron chi connectivity index (χ0n) is 20.8. The van der Waals surface area contributed by atoms with Gasteiger partial charge in [-0.2, -0.15) is 0 Å². The van der Waals surface area contributed by atoms with E-state index in [1.54, 1.807) is 36.8 Å². The van der Waals surface area contributed by atoms with Crippen LogP contribution in [0.2, 0.25) is 0 Å². The third-order valence-electron chi connectivity index (χ3n) is 6.13. The topological polar surface area (TPSA) is 126 Å². The summed E-state index contributed by atoms with van der Waals surface area (Å²) >= 11 is -2.01. The Morgan fingerprint density at radius 2 is 2.00 bits per heavy atom. The smallest absolute Gasteiger partial charge is 0.255 e. The van der Waals surface area contributed by atoms with Gasteiger partial charge in [-0.05, 0) is 73.7 Å². The first-order chi connectivity index (χ1) is 18.4. The number of aromatic nitrogens is 3. The molecule has 2 heterocycles.